The highest BCUT2D eigenvalue weighted by Gasteiger charge is 2.28. The minimum absolute atomic E-state index is 0.0592. The lowest BCUT2D eigenvalue weighted by Crippen LogP contribution is -2.40. The van der Waals surface area contributed by atoms with Crippen LogP contribution in [0.4, 0.5) is 0 Å². The van der Waals surface area contributed by atoms with Crippen LogP contribution < -0.4 is 0 Å². The molecule has 6 heteroatoms. The van der Waals surface area contributed by atoms with Crippen LogP contribution >= 0.6 is 0 Å². The van der Waals surface area contributed by atoms with Crippen LogP contribution in [-0.4, -0.2) is 60.9 Å². The molecule has 1 aliphatic heterocycles. The van der Waals surface area contributed by atoms with Gasteiger partial charge in [-0.2, -0.15) is 0 Å². The monoisotopic (exact) mass is 500 g/mol. The highest BCUT2D eigenvalue weighted by atomic mass is 16.5. The highest BCUT2D eigenvalue weighted by molar-refractivity contribution is 5.82. The van der Waals surface area contributed by atoms with Crippen molar-refractivity contribution in [3.8, 4) is 0 Å². The van der Waals surface area contributed by atoms with E-state index >= 15 is 0 Å². The Morgan fingerprint density at radius 2 is 1.67 bits per heavy atom. The summed E-state index contributed by atoms with van der Waals surface area (Å²) in [5.41, 5.74) is 0.908. The summed E-state index contributed by atoms with van der Waals surface area (Å²) in [5.74, 6) is -0.669. The predicted molar refractivity (Wildman–Crippen MR) is 145 cm³/mol. The van der Waals surface area contributed by atoms with Gasteiger partial charge in [0.1, 0.15) is 18.3 Å². The van der Waals surface area contributed by atoms with E-state index in [4.69, 9.17) is 14.2 Å². The quantitative estimate of drug-likeness (QED) is 0.417. The Hall–Kier alpha value is -2.51. The van der Waals surface area contributed by atoms with Gasteiger partial charge in [0.15, 0.2) is 0 Å². The first-order chi connectivity index (χ1) is 17.2. The standard InChI is InChI=1S/C30H44O6/c1-7-8-15-25-16-10-9-11-17-27(35-6)30(33)29(32)24(4)19-20-26(34-5)23(3)14-12-13-22(2)18-21-28(31)36-25/h8-15,17-21,23-27,29-30,32-33H,7,16H2,1-6H3/b10-9+,14-12+,15-8+,17-11-,20-19+,21-18+,22-13+. The number of methoxy groups -OCH3 is 2. The van der Waals surface area contributed by atoms with Gasteiger partial charge in [-0.25, -0.2) is 4.79 Å². The minimum Gasteiger partial charge on any atom is -0.455 e. The smallest absolute Gasteiger partial charge is 0.331 e. The third-order valence-electron chi connectivity index (χ3n) is 5.92. The lowest BCUT2D eigenvalue weighted by molar-refractivity contribution is -0.140. The number of rotatable bonds is 4. The molecule has 0 spiro atoms. The summed E-state index contributed by atoms with van der Waals surface area (Å²) >= 11 is 0. The van der Waals surface area contributed by atoms with Crippen molar-refractivity contribution in [2.75, 3.05) is 14.2 Å². The lowest BCUT2D eigenvalue weighted by Gasteiger charge is -2.27. The number of ether oxygens (including phenoxy) is 3. The molecule has 0 aromatic rings. The molecule has 0 fully saturated rings. The van der Waals surface area contributed by atoms with E-state index in [1.165, 1.54) is 13.2 Å². The molecule has 2 N–H and O–H groups in total. The maximum Gasteiger partial charge on any atom is 0.331 e. The average Bonchev–Trinajstić information content (AvgIpc) is 2.86. The van der Waals surface area contributed by atoms with E-state index in [1.54, 1.807) is 31.4 Å². The number of hydrogen-bond donors (Lipinski definition) is 2. The van der Waals surface area contributed by atoms with Gasteiger partial charge in [-0.3, -0.25) is 0 Å². The predicted octanol–water partition coefficient (Wildman–Crippen LogP) is 5.02. The number of aliphatic hydroxyl groups is 2. The molecule has 1 rings (SSSR count). The summed E-state index contributed by atoms with van der Waals surface area (Å²) in [6, 6.07) is 0. The van der Waals surface area contributed by atoms with E-state index in [2.05, 4.69) is 0 Å². The Kier molecular flexibility index (Phi) is 15.6. The molecular formula is C30H44O6. The summed E-state index contributed by atoms with van der Waals surface area (Å²) in [4.78, 5) is 12.3. The molecule has 36 heavy (non-hydrogen) atoms. The molecule has 0 saturated carbocycles. The fourth-order valence-electron chi connectivity index (χ4n) is 3.56. The Bertz CT molecular complexity index is 848. The Labute approximate surface area is 217 Å². The van der Waals surface area contributed by atoms with Crippen molar-refractivity contribution >= 4 is 5.97 Å². The molecule has 0 aromatic heterocycles. The van der Waals surface area contributed by atoms with Gasteiger partial charge >= 0.3 is 5.97 Å². The summed E-state index contributed by atoms with van der Waals surface area (Å²) in [7, 11) is 3.12. The molecule has 0 aromatic carbocycles. The SMILES string of the molecule is CC/C=C/C1C/C=C/C=C\C(OC)C(O)C(O)C(C)/C=C/C(OC)C(C)/C=C/C=C(C)/C=C/C(=O)O1. The van der Waals surface area contributed by atoms with Gasteiger partial charge in [0.25, 0.3) is 0 Å². The largest absolute Gasteiger partial charge is 0.455 e. The molecule has 1 aliphatic rings. The van der Waals surface area contributed by atoms with Crippen LogP contribution in [0.2, 0.25) is 0 Å². The van der Waals surface area contributed by atoms with E-state index < -0.39 is 24.3 Å². The minimum atomic E-state index is -1.11. The number of cyclic esters (lactones) is 1. The fraction of sp³-hybridized carbons (Fsp3) is 0.500. The molecule has 200 valence electrons. The van der Waals surface area contributed by atoms with Gasteiger partial charge in [0, 0.05) is 38.6 Å². The molecule has 0 aliphatic carbocycles. The second-order valence-corrected chi connectivity index (χ2v) is 8.97. The van der Waals surface area contributed by atoms with Crippen molar-refractivity contribution in [1.82, 2.24) is 0 Å². The van der Waals surface area contributed by atoms with Crippen molar-refractivity contribution in [3.63, 3.8) is 0 Å². The number of aliphatic hydroxyl groups excluding tert-OH is 2. The Morgan fingerprint density at radius 1 is 0.944 bits per heavy atom. The third kappa shape index (κ3) is 12.0. The van der Waals surface area contributed by atoms with Gasteiger partial charge in [0.05, 0.1) is 12.2 Å². The number of hydrogen-bond acceptors (Lipinski definition) is 6. The number of carbonyl (C=O) groups is 1. The highest BCUT2D eigenvalue weighted by Crippen LogP contribution is 2.18. The molecule has 0 bridgehead atoms. The van der Waals surface area contributed by atoms with Crippen LogP contribution in [0.3, 0.4) is 0 Å². The Balaban J connectivity index is 3.24. The van der Waals surface area contributed by atoms with E-state index in [0.29, 0.717) is 6.42 Å². The van der Waals surface area contributed by atoms with Gasteiger partial charge in [0.2, 0.25) is 0 Å². The molecule has 7 atom stereocenters. The van der Waals surface area contributed by atoms with Crippen LogP contribution in [0, 0.1) is 11.8 Å². The number of esters is 1. The summed E-state index contributed by atoms with van der Waals surface area (Å²) in [6.07, 6.45) is 21.7. The first kappa shape index (κ1) is 31.5. The van der Waals surface area contributed by atoms with Crippen molar-refractivity contribution in [2.24, 2.45) is 11.8 Å². The maximum atomic E-state index is 12.3. The lowest BCUT2D eigenvalue weighted by atomic mass is 9.94. The van der Waals surface area contributed by atoms with Crippen molar-refractivity contribution in [3.05, 3.63) is 84.6 Å². The van der Waals surface area contributed by atoms with Crippen molar-refractivity contribution < 1.29 is 29.2 Å². The molecule has 7 unspecified atom stereocenters. The maximum absolute atomic E-state index is 12.3. The average molecular weight is 501 g/mol. The van der Waals surface area contributed by atoms with Crippen LogP contribution in [0.1, 0.15) is 40.5 Å². The Morgan fingerprint density at radius 3 is 2.33 bits per heavy atom. The third-order valence-corrected chi connectivity index (χ3v) is 5.92. The van der Waals surface area contributed by atoms with Crippen LogP contribution in [0.25, 0.3) is 0 Å². The number of allylic oxidation sites excluding steroid dienone is 7. The first-order valence-corrected chi connectivity index (χ1v) is 12.6. The molecular weight excluding hydrogens is 456 g/mol. The van der Waals surface area contributed by atoms with E-state index in [0.717, 1.165) is 12.0 Å². The zero-order valence-electron chi connectivity index (χ0n) is 22.5. The molecule has 0 radical (unpaired) electrons. The van der Waals surface area contributed by atoms with E-state index in [-0.39, 0.29) is 24.0 Å². The molecule has 1 heterocycles. The molecule has 6 nitrogen and oxygen atoms in total. The summed E-state index contributed by atoms with van der Waals surface area (Å²) in [6.45, 7) is 7.81. The second-order valence-electron chi connectivity index (χ2n) is 8.97. The number of carbonyl (C=O) groups excluding carboxylic acids is 1. The topological polar surface area (TPSA) is 85.2 Å². The van der Waals surface area contributed by atoms with Crippen LogP contribution in [0.15, 0.2) is 84.6 Å². The van der Waals surface area contributed by atoms with E-state index in [9.17, 15) is 15.0 Å². The van der Waals surface area contributed by atoms with Gasteiger partial charge in [-0.15, -0.1) is 0 Å². The van der Waals surface area contributed by atoms with Crippen LogP contribution in [-0.2, 0) is 19.0 Å². The molecule has 0 amide bonds. The zero-order valence-corrected chi connectivity index (χ0v) is 22.5. The van der Waals surface area contributed by atoms with Gasteiger partial charge in [-0.05, 0) is 19.4 Å². The van der Waals surface area contributed by atoms with Gasteiger partial charge in [-0.1, -0.05) is 93.2 Å². The van der Waals surface area contributed by atoms with Crippen molar-refractivity contribution in [2.45, 2.75) is 71.1 Å². The second kappa shape index (κ2) is 17.8. The van der Waals surface area contributed by atoms with Crippen molar-refractivity contribution in [1.29, 1.82) is 0 Å². The first-order valence-electron chi connectivity index (χ1n) is 12.6. The normalized spacial score (nSPS) is 37.5. The summed E-state index contributed by atoms with van der Waals surface area (Å²) in [5, 5.41) is 21.4. The van der Waals surface area contributed by atoms with Gasteiger partial charge < -0.3 is 24.4 Å². The zero-order chi connectivity index (χ0) is 26.9. The van der Waals surface area contributed by atoms with E-state index in [1.807, 2.05) is 76.3 Å². The molecule has 0 saturated heterocycles. The van der Waals surface area contributed by atoms with Crippen LogP contribution in [0.5, 0.6) is 0 Å². The fourth-order valence-corrected chi connectivity index (χ4v) is 3.56. The summed E-state index contributed by atoms with van der Waals surface area (Å²) < 4.78 is 16.6.